The number of carbonyl (C=O) groups excluding carboxylic acids is 1. The van der Waals surface area contributed by atoms with Gasteiger partial charge in [0.05, 0.1) is 18.5 Å². The summed E-state index contributed by atoms with van der Waals surface area (Å²) in [6, 6.07) is 17.2. The van der Waals surface area contributed by atoms with Gasteiger partial charge in [-0.1, -0.05) is 18.2 Å². The van der Waals surface area contributed by atoms with Crippen molar-refractivity contribution in [3.8, 4) is 11.4 Å². The van der Waals surface area contributed by atoms with Crippen LogP contribution in [0.5, 0.6) is 5.75 Å². The third-order valence-corrected chi connectivity index (χ3v) is 4.52. The minimum Gasteiger partial charge on any atom is -0.497 e. The van der Waals surface area contributed by atoms with Crippen LogP contribution in [-0.4, -0.2) is 34.7 Å². The van der Waals surface area contributed by atoms with Gasteiger partial charge in [0.15, 0.2) is 0 Å². The first-order valence-corrected chi connectivity index (χ1v) is 8.51. The molecule has 0 spiro atoms. The first-order chi connectivity index (χ1) is 12.5. The van der Waals surface area contributed by atoms with Crippen LogP contribution < -0.4 is 4.74 Å². The first kappa shape index (κ1) is 17.7. The predicted octanol–water partition coefficient (Wildman–Crippen LogP) is 3.77. The van der Waals surface area contributed by atoms with Crippen molar-refractivity contribution in [1.29, 1.82) is 0 Å². The van der Waals surface area contributed by atoms with Crippen LogP contribution in [-0.2, 0) is 6.54 Å². The normalized spacial score (nSPS) is 10.6. The molecular weight excluding hydrogens is 326 g/mol. The molecule has 0 bridgehead atoms. The second-order valence-corrected chi connectivity index (χ2v) is 6.29. The molecule has 3 rings (SSSR count). The maximum absolute atomic E-state index is 12.7. The highest BCUT2D eigenvalue weighted by Crippen LogP contribution is 2.20. The Morgan fingerprint density at radius 1 is 1.08 bits per heavy atom. The molecule has 0 atom stereocenters. The van der Waals surface area contributed by atoms with Crippen molar-refractivity contribution >= 4 is 5.91 Å². The zero-order valence-electron chi connectivity index (χ0n) is 15.6. The Bertz CT molecular complexity index is 899. The van der Waals surface area contributed by atoms with Gasteiger partial charge in [0.25, 0.3) is 5.91 Å². The molecule has 134 valence electrons. The number of rotatable bonds is 5. The van der Waals surface area contributed by atoms with Crippen molar-refractivity contribution in [3.05, 3.63) is 77.1 Å². The zero-order valence-corrected chi connectivity index (χ0v) is 15.6. The fourth-order valence-corrected chi connectivity index (χ4v) is 2.99. The van der Waals surface area contributed by atoms with E-state index in [-0.39, 0.29) is 5.91 Å². The largest absolute Gasteiger partial charge is 0.497 e. The van der Waals surface area contributed by atoms with E-state index in [9.17, 15) is 4.79 Å². The highest BCUT2D eigenvalue weighted by molar-refractivity contribution is 5.94. The van der Waals surface area contributed by atoms with E-state index in [4.69, 9.17) is 4.74 Å². The molecule has 5 heteroatoms. The number of nitrogens with zero attached hydrogens (tertiary/aromatic N) is 3. The third-order valence-electron chi connectivity index (χ3n) is 4.52. The molecule has 26 heavy (non-hydrogen) atoms. The Hall–Kier alpha value is -3.08. The van der Waals surface area contributed by atoms with Gasteiger partial charge in [0, 0.05) is 30.4 Å². The number of aryl methyl sites for hydroxylation is 1. The second kappa shape index (κ2) is 7.44. The van der Waals surface area contributed by atoms with Crippen LogP contribution in [0.4, 0.5) is 0 Å². The highest BCUT2D eigenvalue weighted by Gasteiger charge is 2.18. The van der Waals surface area contributed by atoms with Gasteiger partial charge in [-0.2, -0.15) is 5.10 Å². The number of methoxy groups -OCH3 is 1. The van der Waals surface area contributed by atoms with Gasteiger partial charge in [-0.3, -0.25) is 4.79 Å². The van der Waals surface area contributed by atoms with Crippen molar-refractivity contribution in [2.45, 2.75) is 20.4 Å². The van der Waals surface area contributed by atoms with Crippen LogP contribution in [0.2, 0.25) is 0 Å². The fourth-order valence-electron chi connectivity index (χ4n) is 2.99. The summed E-state index contributed by atoms with van der Waals surface area (Å²) in [6.07, 6.45) is 0. The van der Waals surface area contributed by atoms with E-state index in [0.29, 0.717) is 12.1 Å². The summed E-state index contributed by atoms with van der Waals surface area (Å²) in [7, 11) is 3.42. The summed E-state index contributed by atoms with van der Waals surface area (Å²) in [5.74, 6) is 0.707. The molecule has 0 aliphatic heterocycles. The average molecular weight is 349 g/mol. The Kier molecular flexibility index (Phi) is 5.07. The number of hydrogen-bond donors (Lipinski definition) is 0. The van der Waals surface area contributed by atoms with Crippen LogP contribution in [0.25, 0.3) is 5.69 Å². The van der Waals surface area contributed by atoms with Crippen molar-refractivity contribution in [2.75, 3.05) is 14.2 Å². The van der Waals surface area contributed by atoms with Gasteiger partial charge < -0.3 is 9.64 Å². The van der Waals surface area contributed by atoms with Crippen LogP contribution in [0.15, 0.2) is 54.6 Å². The maximum atomic E-state index is 12.7. The summed E-state index contributed by atoms with van der Waals surface area (Å²) in [5, 5.41) is 4.65. The highest BCUT2D eigenvalue weighted by atomic mass is 16.5. The molecule has 0 aliphatic rings. The van der Waals surface area contributed by atoms with Gasteiger partial charge in [-0.25, -0.2) is 4.68 Å². The lowest BCUT2D eigenvalue weighted by Crippen LogP contribution is -2.26. The number of carbonyl (C=O) groups is 1. The van der Waals surface area contributed by atoms with Crippen molar-refractivity contribution < 1.29 is 9.53 Å². The second-order valence-electron chi connectivity index (χ2n) is 6.29. The van der Waals surface area contributed by atoms with Gasteiger partial charge in [0.2, 0.25) is 0 Å². The molecule has 0 saturated carbocycles. The van der Waals surface area contributed by atoms with Gasteiger partial charge in [-0.05, 0) is 50.2 Å². The van der Waals surface area contributed by atoms with E-state index in [1.54, 1.807) is 36.3 Å². The lowest BCUT2D eigenvalue weighted by atomic mass is 10.1. The Morgan fingerprint density at radius 3 is 2.35 bits per heavy atom. The van der Waals surface area contributed by atoms with Crippen LogP contribution in [0.3, 0.4) is 0 Å². The number of benzene rings is 2. The molecule has 0 N–H and O–H groups in total. The molecule has 3 aromatic rings. The lowest BCUT2D eigenvalue weighted by Gasteiger charge is -2.18. The van der Waals surface area contributed by atoms with E-state index in [1.165, 1.54) is 0 Å². The summed E-state index contributed by atoms with van der Waals surface area (Å²) in [5.41, 5.74) is 4.70. The number of hydrogen-bond acceptors (Lipinski definition) is 3. The molecule has 0 saturated heterocycles. The molecule has 0 aliphatic carbocycles. The predicted molar refractivity (Wildman–Crippen MR) is 102 cm³/mol. The van der Waals surface area contributed by atoms with Crippen molar-refractivity contribution in [2.24, 2.45) is 0 Å². The molecule has 0 fully saturated rings. The maximum Gasteiger partial charge on any atom is 0.253 e. The van der Waals surface area contributed by atoms with E-state index in [0.717, 1.165) is 28.4 Å². The van der Waals surface area contributed by atoms with E-state index in [2.05, 4.69) is 5.10 Å². The summed E-state index contributed by atoms with van der Waals surface area (Å²) < 4.78 is 7.07. The average Bonchev–Trinajstić information content (AvgIpc) is 2.96. The zero-order chi connectivity index (χ0) is 18.7. The van der Waals surface area contributed by atoms with Crippen molar-refractivity contribution in [3.63, 3.8) is 0 Å². The van der Waals surface area contributed by atoms with Crippen molar-refractivity contribution in [1.82, 2.24) is 14.7 Å². The Morgan fingerprint density at radius 2 is 1.73 bits per heavy atom. The number of amides is 1. The lowest BCUT2D eigenvalue weighted by molar-refractivity contribution is 0.0784. The van der Waals surface area contributed by atoms with Gasteiger partial charge in [0.1, 0.15) is 5.75 Å². The molecule has 0 unspecified atom stereocenters. The third kappa shape index (κ3) is 3.47. The van der Waals surface area contributed by atoms with E-state index >= 15 is 0 Å². The molecule has 0 radical (unpaired) electrons. The Labute approximate surface area is 153 Å². The smallest absolute Gasteiger partial charge is 0.253 e. The topological polar surface area (TPSA) is 47.4 Å². The molecule has 1 amide bonds. The first-order valence-electron chi connectivity index (χ1n) is 8.51. The standard InChI is InChI=1S/C21H23N3O2/c1-15-20(16(2)24(22-15)18-8-6-5-7-9-18)14-23(3)21(25)17-10-12-19(26-4)13-11-17/h5-13H,14H2,1-4H3. The number of ether oxygens (including phenoxy) is 1. The minimum atomic E-state index is -0.0288. The van der Waals surface area contributed by atoms with E-state index < -0.39 is 0 Å². The van der Waals surface area contributed by atoms with Gasteiger partial charge >= 0.3 is 0 Å². The molecular formula is C21H23N3O2. The van der Waals surface area contributed by atoms with Gasteiger partial charge in [-0.15, -0.1) is 0 Å². The molecule has 2 aromatic carbocycles. The summed E-state index contributed by atoms with van der Waals surface area (Å²) >= 11 is 0. The number of aromatic nitrogens is 2. The SMILES string of the molecule is COc1ccc(C(=O)N(C)Cc2c(C)nn(-c3ccccc3)c2C)cc1. The van der Waals surface area contributed by atoms with E-state index in [1.807, 2.05) is 55.9 Å². The fraction of sp³-hybridized carbons (Fsp3) is 0.238. The minimum absolute atomic E-state index is 0.0288. The van der Waals surface area contributed by atoms with Crippen LogP contribution in [0, 0.1) is 13.8 Å². The molecule has 1 aromatic heterocycles. The van der Waals surface area contributed by atoms with Crippen LogP contribution >= 0.6 is 0 Å². The summed E-state index contributed by atoms with van der Waals surface area (Å²) in [4.78, 5) is 14.4. The monoisotopic (exact) mass is 349 g/mol. The quantitative estimate of drug-likeness (QED) is 0.704. The summed E-state index contributed by atoms with van der Waals surface area (Å²) in [6.45, 7) is 4.52. The molecule has 5 nitrogen and oxygen atoms in total. The number of para-hydroxylation sites is 1. The van der Waals surface area contributed by atoms with Crippen LogP contribution in [0.1, 0.15) is 27.3 Å². The Balaban J connectivity index is 1.82. The molecule has 1 heterocycles.